The molecule has 0 unspecified atom stereocenters. The molecule has 0 aliphatic carbocycles. The van der Waals surface area contributed by atoms with E-state index in [9.17, 15) is 0 Å². The molecule has 0 bridgehead atoms. The number of anilines is 1. The number of fused-ring (bicyclic) bond motifs is 2. The first-order valence-electron chi connectivity index (χ1n) is 6.89. The molecule has 3 aromatic carbocycles. The predicted molar refractivity (Wildman–Crippen MR) is 81.9 cm³/mol. The van der Waals surface area contributed by atoms with Crippen molar-refractivity contribution in [3.8, 4) is 0 Å². The molecule has 106 valence electrons. The van der Waals surface area contributed by atoms with Gasteiger partial charge in [0.15, 0.2) is 13.6 Å². The average molecular weight is 281 g/mol. The maximum Gasteiger partial charge on any atom is 0.242 e. The molecule has 4 heteroatoms. The standard InChI is InChI=1S/C17H15NO3/c1-2-5-13-9-15-14(8-12(13)4-1)6-3-7-16(15)18-17-20-10-19-11-21-17/h1-9,17-18H,10-11H2. The number of hydrogen-bond acceptors (Lipinski definition) is 4. The highest BCUT2D eigenvalue weighted by Crippen LogP contribution is 2.29. The lowest BCUT2D eigenvalue weighted by atomic mass is 10.0. The van der Waals surface area contributed by atoms with Crippen molar-refractivity contribution in [1.82, 2.24) is 0 Å². The topological polar surface area (TPSA) is 39.7 Å². The van der Waals surface area contributed by atoms with E-state index in [1.165, 1.54) is 16.2 Å². The van der Waals surface area contributed by atoms with E-state index >= 15 is 0 Å². The van der Waals surface area contributed by atoms with Gasteiger partial charge in [0, 0.05) is 11.1 Å². The minimum absolute atomic E-state index is 0.241. The highest BCUT2D eigenvalue weighted by Gasteiger charge is 2.15. The van der Waals surface area contributed by atoms with E-state index in [0.29, 0.717) is 0 Å². The molecule has 1 N–H and O–H groups in total. The second kappa shape index (κ2) is 5.33. The third kappa shape index (κ3) is 2.45. The Hall–Kier alpha value is -2.14. The molecule has 0 amide bonds. The first-order valence-corrected chi connectivity index (χ1v) is 6.89. The Morgan fingerprint density at radius 2 is 1.52 bits per heavy atom. The SMILES string of the molecule is c1ccc2cc3c(NC4OCOCO4)cccc3cc2c1. The smallest absolute Gasteiger partial charge is 0.242 e. The zero-order chi connectivity index (χ0) is 14.1. The summed E-state index contributed by atoms with van der Waals surface area (Å²) in [5.41, 5.74) is 0.991. The van der Waals surface area contributed by atoms with Gasteiger partial charge in [0.25, 0.3) is 0 Å². The Morgan fingerprint density at radius 3 is 2.33 bits per heavy atom. The molecule has 0 radical (unpaired) electrons. The monoisotopic (exact) mass is 281 g/mol. The van der Waals surface area contributed by atoms with Crippen LogP contribution in [-0.4, -0.2) is 20.0 Å². The van der Waals surface area contributed by atoms with Crippen LogP contribution in [0.3, 0.4) is 0 Å². The fourth-order valence-corrected chi connectivity index (χ4v) is 2.60. The molecule has 1 saturated heterocycles. The molecular weight excluding hydrogens is 266 g/mol. The molecule has 1 aliphatic heterocycles. The molecule has 1 aliphatic rings. The van der Waals surface area contributed by atoms with Gasteiger partial charge in [-0.2, -0.15) is 0 Å². The normalized spacial score (nSPS) is 16.4. The average Bonchev–Trinajstić information content (AvgIpc) is 2.54. The Labute approximate surface area is 122 Å². The van der Waals surface area contributed by atoms with Crippen molar-refractivity contribution in [3.63, 3.8) is 0 Å². The lowest BCUT2D eigenvalue weighted by Crippen LogP contribution is -2.33. The van der Waals surface area contributed by atoms with Crippen molar-refractivity contribution in [3.05, 3.63) is 54.6 Å². The van der Waals surface area contributed by atoms with E-state index in [1.54, 1.807) is 0 Å². The molecule has 0 atom stereocenters. The highest BCUT2D eigenvalue weighted by atomic mass is 16.9. The summed E-state index contributed by atoms with van der Waals surface area (Å²) in [6, 6.07) is 18.9. The van der Waals surface area contributed by atoms with Crippen LogP contribution in [-0.2, 0) is 14.2 Å². The molecule has 4 nitrogen and oxygen atoms in total. The second-order valence-electron chi connectivity index (χ2n) is 4.98. The highest BCUT2D eigenvalue weighted by molar-refractivity contribution is 6.03. The predicted octanol–water partition coefficient (Wildman–Crippen LogP) is 3.67. The molecule has 21 heavy (non-hydrogen) atoms. The maximum absolute atomic E-state index is 5.36. The summed E-state index contributed by atoms with van der Waals surface area (Å²) in [4.78, 5) is 0. The zero-order valence-corrected chi connectivity index (χ0v) is 11.4. The number of rotatable bonds is 2. The maximum atomic E-state index is 5.36. The van der Waals surface area contributed by atoms with Crippen LogP contribution < -0.4 is 5.32 Å². The third-order valence-electron chi connectivity index (χ3n) is 3.63. The number of hydrogen-bond donors (Lipinski definition) is 1. The van der Waals surface area contributed by atoms with Crippen LogP contribution in [0.2, 0.25) is 0 Å². The van der Waals surface area contributed by atoms with Crippen LogP contribution in [0.5, 0.6) is 0 Å². The van der Waals surface area contributed by atoms with Gasteiger partial charge in [-0.05, 0) is 34.4 Å². The quantitative estimate of drug-likeness (QED) is 0.728. The number of benzene rings is 3. The van der Waals surface area contributed by atoms with Gasteiger partial charge in [-0.1, -0.05) is 36.4 Å². The Kier molecular flexibility index (Phi) is 3.20. The van der Waals surface area contributed by atoms with Gasteiger partial charge in [0.2, 0.25) is 6.41 Å². The summed E-state index contributed by atoms with van der Waals surface area (Å²) in [5.74, 6) is 0. The van der Waals surface area contributed by atoms with E-state index in [0.717, 1.165) is 11.1 Å². The molecular formula is C17H15NO3. The van der Waals surface area contributed by atoms with E-state index in [2.05, 4.69) is 47.8 Å². The Morgan fingerprint density at radius 1 is 0.810 bits per heavy atom. The summed E-state index contributed by atoms with van der Waals surface area (Å²) in [6.45, 7) is 0.483. The van der Waals surface area contributed by atoms with Gasteiger partial charge in [0.1, 0.15) is 0 Å². The van der Waals surface area contributed by atoms with Gasteiger partial charge in [0.05, 0.1) is 0 Å². The van der Waals surface area contributed by atoms with Crippen molar-refractivity contribution < 1.29 is 14.2 Å². The van der Waals surface area contributed by atoms with Crippen molar-refractivity contribution >= 4 is 27.2 Å². The van der Waals surface area contributed by atoms with Crippen LogP contribution >= 0.6 is 0 Å². The van der Waals surface area contributed by atoms with Crippen LogP contribution in [0.25, 0.3) is 21.5 Å². The Bertz CT molecular complexity index is 781. The van der Waals surface area contributed by atoms with Crippen LogP contribution in [0.1, 0.15) is 0 Å². The molecule has 0 saturated carbocycles. The van der Waals surface area contributed by atoms with Gasteiger partial charge in [-0.25, -0.2) is 0 Å². The summed E-state index contributed by atoms with van der Waals surface area (Å²) < 4.78 is 15.7. The number of nitrogens with one attached hydrogen (secondary N) is 1. The first kappa shape index (κ1) is 12.6. The van der Waals surface area contributed by atoms with Crippen LogP contribution in [0.4, 0.5) is 5.69 Å². The molecule has 4 rings (SSSR count). The van der Waals surface area contributed by atoms with E-state index in [4.69, 9.17) is 14.2 Å². The van der Waals surface area contributed by atoms with Crippen molar-refractivity contribution in [2.24, 2.45) is 0 Å². The summed E-state index contributed by atoms with van der Waals surface area (Å²) >= 11 is 0. The molecule has 0 aromatic heterocycles. The molecule has 1 heterocycles. The lowest BCUT2D eigenvalue weighted by Gasteiger charge is -2.25. The minimum Gasteiger partial charge on any atom is -0.337 e. The first-order chi connectivity index (χ1) is 10.4. The third-order valence-corrected chi connectivity index (χ3v) is 3.63. The summed E-state index contributed by atoms with van der Waals surface area (Å²) in [7, 11) is 0. The van der Waals surface area contributed by atoms with Gasteiger partial charge in [-0.3, -0.25) is 0 Å². The number of ether oxygens (including phenoxy) is 3. The van der Waals surface area contributed by atoms with E-state index in [1.807, 2.05) is 12.1 Å². The molecule has 0 spiro atoms. The van der Waals surface area contributed by atoms with Crippen LogP contribution in [0, 0.1) is 0 Å². The summed E-state index contributed by atoms with van der Waals surface area (Å²) in [5, 5.41) is 8.05. The van der Waals surface area contributed by atoms with E-state index < -0.39 is 6.41 Å². The van der Waals surface area contributed by atoms with E-state index in [-0.39, 0.29) is 13.6 Å². The van der Waals surface area contributed by atoms with Gasteiger partial charge < -0.3 is 19.5 Å². The fourth-order valence-electron chi connectivity index (χ4n) is 2.60. The van der Waals surface area contributed by atoms with Crippen molar-refractivity contribution in [2.75, 3.05) is 18.9 Å². The van der Waals surface area contributed by atoms with Crippen molar-refractivity contribution in [2.45, 2.75) is 6.41 Å². The zero-order valence-electron chi connectivity index (χ0n) is 11.4. The van der Waals surface area contributed by atoms with Crippen LogP contribution in [0.15, 0.2) is 54.6 Å². The summed E-state index contributed by atoms with van der Waals surface area (Å²) in [6.07, 6.45) is -0.476. The lowest BCUT2D eigenvalue weighted by molar-refractivity contribution is -0.288. The van der Waals surface area contributed by atoms with Gasteiger partial charge in [-0.15, -0.1) is 0 Å². The molecule has 3 aromatic rings. The minimum atomic E-state index is -0.476. The molecule has 1 fully saturated rings. The Balaban J connectivity index is 1.78. The van der Waals surface area contributed by atoms with Gasteiger partial charge >= 0.3 is 0 Å². The fraction of sp³-hybridized carbons (Fsp3) is 0.176. The second-order valence-corrected chi connectivity index (χ2v) is 4.98. The van der Waals surface area contributed by atoms with Crippen molar-refractivity contribution in [1.29, 1.82) is 0 Å². The largest absolute Gasteiger partial charge is 0.337 e.